The van der Waals surface area contributed by atoms with Crippen molar-refractivity contribution in [1.29, 1.82) is 0 Å². The van der Waals surface area contributed by atoms with Gasteiger partial charge in [0.15, 0.2) is 9.84 Å². The average Bonchev–Trinajstić information content (AvgIpc) is 2.01. The van der Waals surface area contributed by atoms with E-state index in [2.05, 4.69) is 0 Å². The lowest BCUT2D eigenvalue weighted by atomic mass is 10.4. The molecule has 0 radical (unpaired) electrons. The highest BCUT2D eigenvalue weighted by Gasteiger charge is 2.13. The molecule has 14 heavy (non-hydrogen) atoms. The van der Waals surface area contributed by atoms with Gasteiger partial charge in [0.2, 0.25) is 0 Å². The Kier molecular flexibility index (Phi) is 3.61. The third-order valence-corrected chi connectivity index (χ3v) is 3.98. The van der Waals surface area contributed by atoms with Crippen molar-refractivity contribution >= 4 is 21.6 Å². The fourth-order valence-corrected chi connectivity index (χ4v) is 3.31. The summed E-state index contributed by atoms with van der Waals surface area (Å²) < 4.78 is 22.8. The van der Waals surface area contributed by atoms with Gasteiger partial charge < -0.3 is 0 Å². The maximum atomic E-state index is 11.4. The Labute approximate surface area is 89.6 Å². The van der Waals surface area contributed by atoms with Gasteiger partial charge in [0.25, 0.3) is 0 Å². The van der Waals surface area contributed by atoms with E-state index in [0.29, 0.717) is 10.1 Å². The Balaban J connectivity index is 3.17. The first kappa shape index (κ1) is 11.6. The predicted molar refractivity (Wildman–Crippen MR) is 60.5 cm³/mol. The van der Waals surface area contributed by atoms with Gasteiger partial charge in [-0.2, -0.15) is 0 Å². The summed E-state index contributed by atoms with van der Waals surface area (Å²) in [6.07, 6.45) is 1.24. The molecule has 0 amide bonds. The highest BCUT2D eigenvalue weighted by Crippen LogP contribution is 2.29. The maximum absolute atomic E-state index is 11.4. The van der Waals surface area contributed by atoms with E-state index >= 15 is 0 Å². The maximum Gasteiger partial charge on any atom is 0.176 e. The quantitative estimate of drug-likeness (QED) is 0.748. The van der Waals surface area contributed by atoms with Crippen LogP contribution in [0.4, 0.5) is 0 Å². The van der Waals surface area contributed by atoms with Gasteiger partial charge in [0.05, 0.1) is 4.90 Å². The van der Waals surface area contributed by atoms with Gasteiger partial charge >= 0.3 is 0 Å². The van der Waals surface area contributed by atoms with Crippen molar-refractivity contribution in [2.24, 2.45) is 0 Å². The fraction of sp³-hybridized carbons (Fsp3) is 0.400. The van der Waals surface area contributed by atoms with Gasteiger partial charge in [-0.1, -0.05) is 26.0 Å². The third kappa shape index (κ3) is 3.03. The normalized spacial score (nSPS) is 12.0. The molecule has 0 N–H and O–H groups in total. The molecule has 4 heteroatoms. The van der Waals surface area contributed by atoms with Crippen LogP contribution in [0.3, 0.4) is 0 Å². The molecule has 0 aliphatic rings. The molecule has 0 aromatic heterocycles. The molecule has 0 heterocycles. The molecule has 0 saturated carbocycles. The van der Waals surface area contributed by atoms with Gasteiger partial charge in [0.1, 0.15) is 0 Å². The molecule has 0 bridgehead atoms. The molecular formula is C10H14O2S2. The van der Waals surface area contributed by atoms with Crippen molar-refractivity contribution in [3.8, 4) is 0 Å². The molecule has 1 rings (SSSR count). The highest BCUT2D eigenvalue weighted by atomic mass is 32.2. The lowest BCUT2D eigenvalue weighted by molar-refractivity contribution is 0.600. The molecular weight excluding hydrogens is 216 g/mol. The van der Waals surface area contributed by atoms with Crippen molar-refractivity contribution < 1.29 is 8.42 Å². The largest absolute Gasteiger partial charge is 0.224 e. The standard InChI is InChI=1S/C10H14O2S2/c1-8(2)13-9-6-4-5-7-10(9)14(3,11)12/h4-8H,1-3H3. The van der Waals surface area contributed by atoms with Gasteiger partial charge in [-0.25, -0.2) is 8.42 Å². The number of sulfone groups is 1. The lowest BCUT2D eigenvalue weighted by Crippen LogP contribution is -2.00. The predicted octanol–water partition coefficient (Wildman–Crippen LogP) is 2.59. The number of benzene rings is 1. The van der Waals surface area contributed by atoms with E-state index < -0.39 is 9.84 Å². The zero-order valence-electron chi connectivity index (χ0n) is 8.52. The molecule has 0 aliphatic carbocycles. The highest BCUT2D eigenvalue weighted by molar-refractivity contribution is 8.00. The van der Waals surface area contributed by atoms with E-state index in [4.69, 9.17) is 0 Å². The molecule has 1 aromatic rings. The van der Waals surface area contributed by atoms with Gasteiger partial charge in [-0.15, -0.1) is 11.8 Å². The van der Waals surface area contributed by atoms with Crippen LogP contribution in [0, 0.1) is 0 Å². The summed E-state index contributed by atoms with van der Waals surface area (Å²) in [5.41, 5.74) is 0. The Hall–Kier alpha value is -0.480. The van der Waals surface area contributed by atoms with Gasteiger partial charge in [-0.3, -0.25) is 0 Å². The minimum atomic E-state index is -3.10. The smallest absolute Gasteiger partial charge is 0.176 e. The fourth-order valence-electron chi connectivity index (χ4n) is 1.11. The minimum Gasteiger partial charge on any atom is -0.224 e. The molecule has 0 saturated heterocycles. The first-order chi connectivity index (χ1) is 6.41. The van der Waals surface area contributed by atoms with Crippen LogP contribution < -0.4 is 0 Å². The minimum absolute atomic E-state index is 0.387. The van der Waals surface area contributed by atoms with Crippen LogP contribution in [0.25, 0.3) is 0 Å². The van der Waals surface area contributed by atoms with E-state index in [1.165, 1.54) is 6.26 Å². The summed E-state index contributed by atoms with van der Waals surface area (Å²) >= 11 is 1.57. The second-order valence-electron chi connectivity index (χ2n) is 3.39. The zero-order chi connectivity index (χ0) is 10.8. The monoisotopic (exact) mass is 230 g/mol. The van der Waals surface area contributed by atoms with Crippen molar-refractivity contribution in [3.63, 3.8) is 0 Å². The number of thioether (sulfide) groups is 1. The SMILES string of the molecule is CC(C)Sc1ccccc1S(C)(=O)=O. The zero-order valence-corrected chi connectivity index (χ0v) is 10.2. The first-order valence-corrected chi connectivity index (χ1v) is 7.14. The second kappa shape index (κ2) is 4.36. The molecule has 0 aliphatic heterocycles. The first-order valence-electron chi connectivity index (χ1n) is 4.37. The number of hydrogen-bond acceptors (Lipinski definition) is 3. The summed E-state index contributed by atoms with van der Waals surface area (Å²) in [7, 11) is -3.10. The lowest BCUT2D eigenvalue weighted by Gasteiger charge is -2.08. The molecule has 0 unspecified atom stereocenters. The van der Waals surface area contributed by atoms with Crippen LogP contribution in [0.2, 0.25) is 0 Å². The Bertz CT molecular complexity index is 408. The Morgan fingerprint density at radius 3 is 2.29 bits per heavy atom. The Morgan fingerprint density at radius 2 is 1.79 bits per heavy atom. The van der Waals surface area contributed by atoms with E-state index in [1.807, 2.05) is 26.0 Å². The van der Waals surface area contributed by atoms with E-state index in [0.717, 1.165) is 4.90 Å². The molecule has 0 atom stereocenters. The third-order valence-electron chi connectivity index (χ3n) is 1.61. The second-order valence-corrected chi connectivity index (χ2v) is 6.99. The van der Waals surface area contributed by atoms with Crippen LogP contribution in [-0.2, 0) is 9.84 Å². The topological polar surface area (TPSA) is 34.1 Å². The van der Waals surface area contributed by atoms with Crippen LogP contribution in [0.15, 0.2) is 34.1 Å². The van der Waals surface area contributed by atoms with E-state index in [-0.39, 0.29) is 0 Å². The summed E-state index contributed by atoms with van der Waals surface area (Å²) in [6, 6.07) is 7.11. The summed E-state index contributed by atoms with van der Waals surface area (Å²) in [4.78, 5) is 1.27. The van der Waals surface area contributed by atoms with Crippen LogP contribution in [0.5, 0.6) is 0 Å². The van der Waals surface area contributed by atoms with Gasteiger partial charge in [-0.05, 0) is 12.1 Å². The van der Waals surface area contributed by atoms with Crippen molar-refractivity contribution in [2.45, 2.75) is 28.9 Å². The molecule has 78 valence electrons. The van der Waals surface area contributed by atoms with Crippen molar-refractivity contribution in [1.82, 2.24) is 0 Å². The Morgan fingerprint density at radius 1 is 1.21 bits per heavy atom. The summed E-state index contributed by atoms with van der Waals surface area (Å²) in [6.45, 7) is 4.09. The van der Waals surface area contributed by atoms with Crippen molar-refractivity contribution in [2.75, 3.05) is 6.26 Å². The molecule has 2 nitrogen and oxygen atoms in total. The average molecular weight is 230 g/mol. The van der Waals surface area contributed by atoms with Crippen LogP contribution in [-0.4, -0.2) is 19.9 Å². The van der Waals surface area contributed by atoms with Crippen LogP contribution >= 0.6 is 11.8 Å². The van der Waals surface area contributed by atoms with Gasteiger partial charge in [0, 0.05) is 16.4 Å². The molecule has 0 fully saturated rings. The molecule has 1 aromatic carbocycles. The van der Waals surface area contributed by atoms with Crippen LogP contribution in [0.1, 0.15) is 13.8 Å². The van der Waals surface area contributed by atoms with E-state index in [9.17, 15) is 8.42 Å². The summed E-state index contributed by atoms with van der Waals surface area (Å²) in [5, 5.41) is 0.387. The van der Waals surface area contributed by atoms with Crippen molar-refractivity contribution in [3.05, 3.63) is 24.3 Å². The number of rotatable bonds is 3. The van der Waals surface area contributed by atoms with E-state index in [1.54, 1.807) is 23.9 Å². The molecule has 0 spiro atoms. The number of hydrogen-bond donors (Lipinski definition) is 0. The summed E-state index contributed by atoms with van der Waals surface area (Å²) in [5.74, 6) is 0.